The smallest absolute Gasteiger partial charge is 0.416 e. The van der Waals surface area contributed by atoms with Gasteiger partial charge in [-0.25, -0.2) is 0 Å². The second-order valence-electron chi connectivity index (χ2n) is 10.2. The Balaban J connectivity index is 1.61. The standard InChI is InChI=1S/C30H30F3NO3/c1-37-27(35)28-20-34(18-21-8-4-2-5-9-21)19-26(28)29(36,17-16-25(28)22-10-6-3-7-11-22)23-12-14-24(15-13-23)30(31,32)33/h2-15,25-26,36H,16-20H2,1H3. The van der Waals surface area contributed by atoms with Crippen LogP contribution in [-0.4, -0.2) is 36.2 Å². The van der Waals surface area contributed by atoms with Crippen molar-refractivity contribution >= 4 is 5.97 Å². The molecule has 2 aliphatic rings. The quantitative estimate of drug-likeness (QED) is 0.444. The topological polar surface area (TPSA) is 49.8 Å². The molecule has 7 heteroatoms. The number of fused-ring (bicyclic) bond motifs is 1. The number of halogens is 3. The van der Waals surface area contributed by atoms with E-state index in [2.05, 4.69) is 4.90 Å². The Kier molecular flexibility index (Phi) is 6.62. The lowest BCUT2D eigenvalue weighted by atomic mass is 9.53. The highest BCUT2D eigenvalue weighted by Gasteiger charge is 2.66. The van der Waals surface area contributed by atoms with Crippen LogP contribution in [0.25, 0.3) is 0 Å². The molecule has 3 aromatic rings. The number of hydrogen-bond acceptors (Lipinski definition) is 4. The number of benzene rings is 3. The number of alkyl halides is 3. The third-order valence-electron chi connectivity index (χ3n) is 8.29. The van der Waals surface area contributed by atoms with Gasteiger partial charge in [0.25, 0.3) is 0 Å². The minimum Gasteiger partial charge on any atom is -0.469 e. The zero-order valence-electron chi connectivity index (χ0n) is 20.6. The molecule has 1 saturated carbocycles. The summed E-state index contributed by atoms with van der Waals surface area (Å²) >= 11 is 0. The van der Waals surface area contributed by atoms with Crippen molar-refractivity contribution in [2.45, 2.75) is 37.1 Å². The van der Waals surface area contributed by atoms with Gasteiger partial charge in [0.05, 0.1) is 23.7 Å². The van der Waals surface area contributed by atoms with Crippen LogP contribution in [0.4, 0.5) is 13.2 Å². The zero-order chi connectivity index (χ0) is 26.3. The number of rotatable bonds is 5. The molecule has 4 unspecified atom stereocenters. The monoisotopic (exact) mass is 509 g/mol. The highest BCUT2D eigenvalue weighted by Crippen LogP contribution is 2.61. The Labute approximate surface area is 214 Å². The molecule has 4 nitrogen and oxygen atoms in total. The summed E-state index contributed by atoms with van der Waals surface area (Å²) in [7, 11) is 1.36. The molecule has 1 aliphatic carbocycles. The highest BCUT2D eigenvalue weighted by molar-refractivity contribution is 5.80. The molecule has 4 atom stereocenters. The molecular formula is C30H30F3NO3. The Hall–Kier alpha value is -3.16. The van der Waals surface area contributed by atoms with Crippen molar-refractivity contribution in [2.24, 2.45) is 11.3 Å². The fourth-order valence-electron chi connectivity index (χ4n) is 6.64. The van der Waals surface area contributed by atoms with Gasteiger partial charge in [0.15, 0.2) is 0 Å². The van der Waals surface area contributed by atoms with Gasteiger partial charge in [0.2, 0.25) is 0 Å². The van der Waals surface area contributed by atoms with Gasteiger partial charge >= 0.3 is 12.1 Å². The van der Waals surface area contributed by atoms with Crippen molar-refractivity contribution in [1.29, 1.82) is 0 Å². The van der Waals surface area contributed by atoms with E-state index >= 15 is 0 Å². The third-order valence-corrected chi connectivity index (χ3v) is 8.29. The predicted molar refractivity (Wildman–Crippen MR) is 133 cm³/mol. The van der Waals surface area contributed by atoms with Gasteiger partial charge in [-0.05, 0) is 41.7 Å². The maximum Gasteiger partial charge on any atom is 0.416 e. The summed E-state index contributed by atoms with van der Waals surface area (Å²) in [6.45, 7) is 1.37. The van der Waals surface area contributed by atoms with Crippen LogP contribution in [0.3, 0.4) is 0 Å². The summed E-state index contributed by atoms with van der Waals surface area (Å²) < 4.78 is 45.2. The lowest BCUT2D eigenvalue weighted by molar-refractivity contribution is -0.173. The van der Waals surface area contributed by atoms with E-state index in [1.165, 1.54) is 19.2 Å². The fourth-order valence-corrected chi connectivity index (χ4v) is 6.64. The summed E-state index contributed by atoms with van der Waals surface area (Å²) in [5.41, 5.74) is -0.860. The number of aliphatic hydroxyl groups is 1. The van der Waals surface area contributed by atoms with Crippen LogP contribution in [0.5, 0.6) is 0 Å². The lowest BCUT2D eigenvalue weighted by Crippen LogP contribution is -2.56. The van der Waals surface area contributed by atoms with Crippen LogP contribution in [0.15, 0.2) is 84.9 Å². The average molecular weight is 510 g/mol. The lowest BCUT2D eigenvalue weighted by Gasteiger charge is -2.51. The highest BCUT2D eigenvalue weighted by atomic mass is 19.4. The zero-order valence-corrected chi connectivity index (χ0v) is 20.6. The van der Waals surface area contributed by atoms with E-state index in [4.69, 9.17) is 4.74 Å². The Morgan fingerprint density at radius 1 is 1.00 bits per heavy atom. The van der Waals surface area contributed by atoms with Gasteiger partial charge in [0.1, 0.15) is 0 Å². The average Bonchev–Trinajstić information content (AvgIpc) is 3.30. The SMILES string of the molecule is COC(=O)C12CN(Cc3ccccc3)CC1C(O)(c1ccc(C(F)(F)F)cc1)CCC2c1ccccc1. The number of methoxy groups -OCH3 is 1. The summed E-state index contributed by atoms with van der Waals surface area (Å²) in [4.78, 5) is 15.9. The molecule has 0 spiro atoms. The number of nitrogens with zero attached hydrogens (tertiary/aromatic N) is 1. The normalized spacial score (nSPS) is 28.0. The minimum absolute atomic E-state index is 0.207. The van der Waals surface area contributed by atoms with Gasteiger partial charge < -0.3 is 9.84 Å². The maximum absolute atomic E-state index is 13.7. The van der Waals surface area contributed by atoms with Crippen molar-refractivity contribution in [3.8, 4) is 0 Å². The molecule has 1 N–H and O–H groups in total. The second kappa shape index (κ2) is 9.62. The van der Waals surface area contributed by atoms with Gasteiger partial charge in [0, 0.05) is 31.5 Å². The molecule has 0 aromatic heterocycles. The Morgan fingerprint density at radius 2 is 1.62 bits per heavy atom. The summed E-state index contributed by atoms with van der Waals surface area (Å²) in [5, 5.41) is 12.2. The molecular weight excluding hydrogens is 479 g/mol. The number of carbonyl (C=O) groups is 1. The van der Waals surface area contributed by atoms with Crippen LogP contribution in [0.1, 0.15) is 41.0 Å². The van der Waals surface area contributed by atoms with Crippen LogP contribution >= 0.6 is 0 Å². The first kappa shape index (κ1) is 25.5. The third kappa shape index (κ3) is 4.44. The van der Waals surface area contributed by atoms with Crippen molar-refractivity contribution in [3.63, 3.8) is 0 Å². The van der Waals surface area contributed by atoms with Crippen molar-refractivity contribution in [2.75, 3.05) is 20.2 Å². The molecule has 37 heavy (non-hydrogen) atoms. The Morgan fingerprint density at radius 3 is 2.22 bits per heavy atom. The molecule has 1 aliphatic heterocycles. The van der Waals surface area contributed by atoms with Crippen LogP contribution < -0.4 is 0 Å². The van der Waals surface area contributed by atoms with Crippen molar-refractivity contribution in [3.05, 3.63) is 107 Å². The largest absolute Gasteiger partial charge is 0.469 e. The van der Waals surface area contributed by atoms with Crippen molar-refractivity contribution < 1.29 is 27.8 Å². The van der Waals surface area contributed by atoms with Gasteiger partial charge in [-0.2, -0.15) is 13.2 Å². The number of ether oxygens (including phenoxy) is 1. The first-order chi connectivity index (χ1) is 17.7. The van der Waals surface area contributed by atoms with E-state index < -0.39 is 34.6 Å². The van der Waals surface area contributed by atoms with Gasteiger partial charge in [-0.15, -0.1) is 0 Å². The number of esters is 1. The molecule has 0 radical (unpaired) electrons. The summed E-state index contributed by atoms with van der Waals surface area (Å²) in [6, 6.07) is 24.4. The number of likely N-dealkylation sites (tertiary alicyclic amines) is 1. The second-order valence-corrected chi connectivity index (χ2v) is 10.2. The molecule has 3 aromatic carbocycles. The first-order valence-corrected chi connectivity index (χ1v) is 12.5. The summed E-state index contributed by atoms with van der Waals surface area (Å²) in [5.74, 6) is -1.18. The van der Waals surface area contributed by atoms with E-state index in [0.717, 1.165) is 23.3 Å². The molecule has 194 valence electrons. The van der Waals surface area contributed by atoms with E-state index in [9.17, 15) is 23.1 Å². The van der Waals surface area contributed by atoms with E-state index in [1.54, 1.807) is 0 Å². The van der Waals surface area contributed by atoms with E-state index in [1.807, 2.05) is 60.7 Å². The molecule has 0 amide bonds. The Bertz CT molecular complexity index is 1230. The molecule has 5 rings (SSSR count). The first-order valence-electron chi connectivity index (χ1n) is 12.5. The van der Waals surface area contributed by atoms with E-state index in [0.29, 0.717) is 38.0 Å². The van der Waals surface area contributed by atoms with Crippen LogP contribution in [0, 0.1) is 11.3 Å². The van der Waals surface area contributed by atoms with Crippen LogP contribution in [-0.2, 0) is 27.9 Å². The number of carbonyl (C=O) groups excluding carboxylic acids is 1. The predicted octanol–water partition coefficient (Wildman–Crippen LogP) is 5.76. The number of hydrogen-bond donors (Lipinski definition) is 1. The van der Waals surface area contributed by atoms with E-state index in [-0.39, 0.29) is 5.92 Å². The maximum atomic E-state index is 13.7. The molecule has 0 bridgehead atoms. The van der Waals surface area contributed by atoms with Crippen molar-refractivity contribution in [1.82, 2.24) is 4.90 Å². The van der Waals surface area contributed by atoms with Crippen LogP contribution in [0.2, 0.25) is 0 Å². The van der Waals surface area contributed by atoms with Gasteiger partial charge in [-0.1, -0.05) is 72.8 Å². The molecule has 1 heterocycles. The van der Waals surface area contributed by atoms with Gasteiger partial charge in [-0.3, -0.25) is 9.69 Å². The molecule has 2 fully saturated rings. The molecule has 1 saturated heterocycles. The fraction of sp³-hybridized carbons (Fsp3) is 0.367. The summed E-state index contributed by atoms with van der Waals surface area (Å²) in [6.07, 6.45) is -3.66. The minimum atomic E-state index is -4.47.